The van der Waals surface area contributed by atoms with Gasteiger partial charge in [0.25, 0.3) is 12.0 Å². The van der Waals surface area contributed by atoms with Gasteiger partial charge >= 0.3 is 0 Å². The smallest absolute Gasteiger partial charge is 0.264 e. The van der Waals surface area contributed by atoms with Gasteiger partial charge in [0.1, 0.15) is 11.6 Å². The number of alkyl halides is 2. The van der Waals surface area contributed by atoms with Gasteiger partial charge in [-0.15, -0.1) is 0 Å². The Balaban J connectivity index is 1.79. The average Bonchev–Trinajstić information content (AvgIpc) is 3.14. The van der Waals surface area contributed by atoms with E-state index >= 15 is 0 Å². The minimum atomic E-state index is -2.64. The number of nitrogens with zero attached hydrogens (tertiary/aromatic N) is 3. The molecule has 0 saturated carbocycles. The summed E-state index contributed by atoms with van der Waals surface area (Å²) < 4.78 is 33.6. The van der Waals surface area contributed by atoms with Crippen molar-refractivity contribution in [1.29, 1.82) is 0 Å². The molecule has 1 aromatic carbocycles. The molecule has 9 heteroatoms. The highest BCUT2D eigenvalue weighted by atomic mass is 19.3. The summed E-state index contributed by atoms with van der Waals surface area (Å²) in [7, 11) is 0. The van der Waals surface area contributed by atoms with Gasteiger partial charge in [0.2, 0.25) is 0 Å². The fourth-order valence-corrected chi connectivity index (χ4v) is 4.01. The van der Waals surface area contributed by atoms with Gasteiger partial charge in [0, 0.05) is 30.0 Å². The molecule has 7 nitrogen and oxygen atoms in total. The number of hydrogen-bond donors (Lipinski definition) is 2. The molecule has 31 heavy (non-hydrogen) atoms. The van der Waals surface area contributed by atoms with Gasteiger partial charge in [-0.3, -0.25) is 4.79 Å². The molecule has 2 aromatic heterocycles. The molecule has 1 saturated heterocycles. The summed E-state index contributed by atoms with van der Waals surface area (Å²) in [4.78, 5) is 21.5. The minimum absolute atomic E-state index is 0.134. The van der Waals surface area contributed by atoms with Crippen LogP contribution < -0.4 is 10.9 Å². The number of pyridine rings is 1. The van der Waals surface area contributed by atoms with E-state index in [1.807, 2.05) is 6.92 Å². The Labute approximate surface area is 177 Å². The van der Waals surface area contributed by atoms with Crippen LogP contribution in [0.3, 0.4) is 0 Å². The fraction of sp³-hybridized carbons (Fsp3) is 0.409. The Bertz CT molecular complexity index is 1190. The molecule has 1 aliphatic rings. The first-order valence-corrected chi connectivity index (χ1v) is 10.0. The van der Waals surface area contributed by atoms with Gasteiger partial charge < -0.3 is 19.7 Å². The molecule has 0 radical (unpaired) electrons. The fourth-order valence-electron chi connectivity index (χ4n) is 4.01. The standard InChI is InChI=1S/C22H24F2N4O3/c1-12-14(19(23)24)5-4-6-15(12)21(30)27-20-16-10-28(22(3)7-8-31-11-22)18(29)9-17(16)25-13(2)26-20/h4-6,9-10,19,21,30H,7-8,11H2,1-3H3,(H,25,26,27)/t21-,22?/m1/s1. The second-order valence-corrected chi connectivity index (χ2v) is 8.11. The number of aryl methyl sites for hydroxylation is 1. The highest BCUT2D eigenvalue weighted by Gasteiger charge is 2.33. The Morgan fingerprint density at radius 2 is 2.00 bits per heavy atom. The third-order valence-electron chi connectivity index (χ3n) is 5.84. The highest BCUT2D eigenvalue weighted by molar-refractivity contribution is 5.88. The van der Waals surface area contributed by atoms with Gasteiger partial charge in [0.15, 0.2) is 6.23 Å². The lowest BCUT2D eigenvalue weighted by Gasteiger charge is -2.26. The Kier molecular flexibility index (Phi) is 5.49. The van der Waals surface area contributed by atoms with E-state index in [4.69, 9.17) is 4.74 Å². The number of hydrogen-bond acceptors (Lipinski definition) is 6. The molecule has 2 N–H and O–H groups in total. The maximum Gasteiger partial charge on any atom is 0.264 e. The number of nitrogens with one attached hydrogen (secondary N) is 1. The molecule has 1 unspecified atom stereocenters. The lowest BCUT2D eigenvalue weighted by molar-refractivity contribution is 0.149. The van der Waals surface area contributed by atoms with Crippen LogP contribution in [0.4, 0.5) is 14.6 Å². The van der Waals surface area contributed by atoms with Crippen molar-refractivity contribution in [2.75, 3.05) is 18.5 Å². The second kappa shape index (κ2) is 7.97. The first-order valence-electron chi connectivity index (χ1n) is 10.0. The Morgan fingerprint density at radius 3 is 2.68 bits per heavy atom. The van der Waals surface area contributed by atoms with Crippen molar-refractivity contribution < 1.29 is 18.6 Å². The van der Waals surface area contributed by atoms with E-state index in [1.54, 1.807) is 30.7 Å². The zero-order valence-corrected chi connectivity index (χ0v) is 17.5. The number of halogens is 2. The van der Waals surface area contributed by atoms with Gasteiger partial charge in [-0.2, -0.15) is 0 Å². The summed E-state index contributed by atoms with van der Waals surface area (Å²) in [5.41, 5.74) is 0.236. The second-order valence-electron chi connectivity index (χ2n) is 8.11. The van der Waals surface area contributed by atoms with E-state index in [2.05, 4.69) is 15.3 Å². The number of aromatic nitrogens is 3. The molecule has 2 atom stereocenters. The van der Waals surface area contributed by atoms with Crippen LogP contribution in [0.1, 0.15) is 48.5 Å². The topological polar surface area (TPSA) is 89.3 Å². The van der Waals surface area contributed by atoms with Gasteiger partial charge in [0.05, 0.1) is 23.0 Å². The predicted molar refractivity (Wildman–Crippen MR) is 112 cm³/mol. The molecule has 1 fully saturated rings. The molecule has 0 amide bonds. The lowest BCUT2D eigenvalue weighted by atomic mass is 10.0. The Hall–Kier alpha value is -2.91. The van der Waals surface area contributed by atoms with E-state index in [9.17, 15) is 18.7 Å². The normalized spacial score (nSPS) is 19.8. The maximum absolute atomic E-state index is 13.3. The maximum atomic E-state index is 13.3. The van der Waals surface area contributed by atoms with E-state index in [0.717, 1.165) is 0 Å². The molecule has 0 aliphatic carbocycles. The van der Waals surface area contributed by atoms with Gasteiger partial charge in [-0.05, 0) is 32.8 Å². The molecule has 0 spiro atoms. The molecule has 1 aliphatic heterocycles. The minimum Gasteiger partial charge on any atom is -0.379 e. The van der Waals surface area contributed by atoms with Crippen LogP contribution in [0, 0.1) is 13.8 Å². The first-order chi connectivity index (χ1) is 14.7. The third kappa shape index (κ3) is 3.90. The van der Waals surface area contributed by atoms with E-state index in [-0.39, 0.29) is 11.1 Å². The number of anilines is 1. The summed E-state index contributed by atoms with van der Waals surface area (Å²) in [5.74, 6) is 0.723. The SMILES string of the molecule is Cc1nc(N[C@H](O)c2cccc(C(F)F)c2C)c2cn(C3(C)CCOC3)c(=O)cc2n1. The van der Waals surface area contributed by atoms with Crippen LogP contribution in [0.2, 0.25) is 0 Å². The van der Waals surface area contributed by atoms with Crippen molar-refractivity contribution in [2.24, 2.45) is 0 Å². The summed E-state index contributed by atoms with van der Waals surface area (Å²) in [6.07, 6.45) is -1.56. The van der Waals surface area contributed by atoms with Crippen molar-refractivity contribution in [2.45, 2.75) is 45.4 Å². The zero-order chi connectivity index (χ0) is 22.3. The number of ether oxygens (including phenoxy) is 1. The first kappa shape index (κ1) is 21.3. The lowest BCUT2D eigenvalue weighted by Crippen LogP contribution is -2.38. The van der Waals surface area contributed by atoms with E-state index in [0.29, 0.717) is 53.3 Å². The van der Waals surface area contributed by atoms with Crippen molar-refractivity contribution in [3.8, 4) is 0 Å². The summed E-state index contributed by atoms with van der Waals surface area (Å²) in [5, 5.41) is 14.2. The Morgan fingerprint density at radius 1 is 1.26 bits per heavy atom. The van der Waals surface area contributed by atoms with Crippen molar-refractivity contribution >= 4 is 16.7 Å². The number of rotatable bonds is 5. The van der Waals surface area contributed by atoms with Crippen molar-refractivity contribution in [3.05, 3.63) is 63.3 Å². The molecular weight excluding hydrogens is 406 g/mol. The van der Waals surface area contributed by atoms with Crippen LogP contribution >= 0.6 is 0 Å². The largest absolute Gasteiger partial charge is 0.379 e. The molecule has 3 aromatic rings. The highest BCUT2D eigenvalue weighted by Crippen LogP contribution is 2.31. The summed E-state index contributed by atoms with van der Waals surface area (Å²) in [6, 6.07) is 5.84. The number of aliphatic hydroxyl groups excluding tert-OH is 1. The predicted octanol–water partition coefficient (Wildman–Crippen LogP) is 3.58. The van der Waals surface area contributed by atoms with E-state index in [1.165, 1.54) is 18.2 Å². The number of aliphatic hydroxyl groups is 1. The molecular formula is C22H24F2N4O3. The van der Waals surface area contributed by atoms with Crippen LogP contribution in [0.5, 0.6) is 0 Å². The number of benzene rings is 1. The molecule has 3 heterocycles. The molecule has 164 valence electrons. The quantitative estimate of drug-likeness (QED) is 0.602. The van der Waals surface area contributed by atoms with Gasteiger partial charge in [-0.1, -0.05) is 18.2 Å². The van der Waals surface area contributed by atoms with E-state index < -0.39 is 18.2 Å². The van der Waals surface area contributed by atoms with Gasteiger partial charge in [-0.25, -0.2) is 18.7 Å². The van der Waals surface area contributed by atoms with Crippen LogP contribution in [-0.2, 0) is 10.3 Å². The van der Waals surface area contributed by atoms with Crippen LogP contribution in [0.25, 0.3) is 10.9 Å². The zero-order valence-electron chi connectivity index (χ0n) is 17.5. The summed E-state index contributed by atoms with van der Waals surface area (Å²) in [6.45, 7) is 6.15. The molecule has 0 bridgehead atoms. The van der Waals surface area contributed by atoms with Crippen LogP contribution in [0.15, 0.2) is 35.3 Å². The molecule has 4 rings (SSSR count). The van der Waals surface area contributed by atoms with Crippen molar-refractivity contribution in [3.63, 3.8) is 0 Å². The number of fused-ring (bicyclic) bond motifs is 1. The third-order valence-corrected chi connectivity index (χ3v) is 5.84. The summed E-state index contributed by atoms with van der Waals surface area (Å²) >= 11 is 0. The average molecular weight is 430 g/mol. The monoisotopic (exact) mass is 430 g/mol. The van der Waals surface area contributed by atoms with Crippen molar-refractivity contribution in [1.82, 2.24) is 14.5 Å². The van der Waals surface area contributed by atoms with Crippen LogP contribution in [-0.4, -0.2) is 32.9 Å².